The van der Waals surface area contributed by atoms with Gasteiger partial charge in [0.1, 0.15) is 5.58 Å². The quantitative estimate of drug-likeness (QED) is 0.574. The Bertz CT molecular complexity index is 347. The first-order valence-corrected chi connectivity index (χ1v) is 4.31. The van der Waals surface area contributed by atoms with Crippen molar-refractivity contribution in [3.05, 3.63) is 36.1 Å². The first-order chi connectivity index (χ1) is 5.88. The Morgan fingerprint density at radius 2 is 1.83 bits per heavy atom. The fourth-order valence-corrected chi connectivity index (χ4v) is 1.14. The van der Waals surface area contributed by atoms with Crippen molar-refractivity contribution in [2.75, 3.05) is 0 Å². The van der Waals surface area contributed by atoms with Crippen LogP contribution >= 0.6 is 0 Å². The number of fused-ring (bicyclic) bond motifs is 1. The third-order valence-electron chi connectivity index (χ3n) is 1.68. The minimum atomic E-state index is 1.00. The Kier molecular flexibility index (Phi) is 2.92. The van der Waals surface area contributed by atoms with Crippen LogP contribution in [0, 0.1) is 6.92 Å². The van der Waals surface area contributed by atoms with Crippen molar-refractivity contribution in [3.63, 3.8) is 0 Å². The van der Waals surface area contributed by atoms with Crippen LogP contribution in [0.1, 0.15) is 19.4 Å². The molecular weight excluding hydrogens is 148 g/mol. The second-order valence-electron chi connectivity index (χ2n) is 2.41. The van der Waals surface area contributed by atoms with E-state index in [9.17, 15) is 0 Å². The van der Waals surface area contributed by atoms with Gasteiger partial charge in [0.2, 0.25) is 0 Å². The molecule has 1 nitrogen and oxygen atoms in total. The van der Waals surface area contributed by atoms with Crippen LogP contribution < -0.4 is 0 Å². The number of hydrogen-bond acceptors (Lipinski definition) is 1. The van der Waals surface area contributed by atoms with E-state index < -0.39 is 0 Å². The molecule has 0 saturated heterocycles. The Balaban J connectivity index is 0.000000336. The second-order valence-corrected chi connectivity index (χ2v) is 2.41. The van der Waals surface area contributed by atoms with Gasteiger partial charge >= 0.3 is 0 Å². The summed E-state index contributed by atoms with van der Waals surface area (Å²) in [4.78, 5) is 0. The average Bonchev–Trinajstić information content (AvgIpc) is 2.57. The maximum Gasteiger partial charge on any atom is 0.136 e. The van der Waals surface area contributed by atoms with Gasteiger partial charge in [-0.25, -0.2) is 0 Å². The lowest BCUT2D eigenvalue weighted by atomic mass is 10.2. The lowest BCUT2D eigenvalue weighted by Gasteiger charge is -1.90. The van der Waals surface area contributed by atoms with Gasteiger partial charge in [-0.05, 0) is 18.6 Å². The van der Waals surface area contributed by atoms with Crippen LogP contribution in [0.2, 0.25) is 0 Å². The van der Waals surface area contributed by atoms with E-state index in [4.69, 9.17) is 4.42 Å². The summed E-state index contributed by atoms with van der Waals surface area (Å²) in [6.07, 6.45) is 1.72. The van der Waals surface area contributed by atoms with Gasteiger partial charge in [0.15, 0.2) is 0 Å². The predicted octanol–water partition coefficient (Wildman–Crippen LogP) is 3.77. The molecule has 0 aliphatic rings. The number of aryl methyl sites for hydroxylation is 1. The molecule has 0 N–H and O–H groups in total. The molecule has 0 spiro atoms. The maximum atomic E-state index is 5.25. The standard InChI is InChI=1S/C9H8O.C2H6/c1-7-3-2-4-8-5-6-10-9(7)8;1-2/h2-6H,1H3;1-2H3. The maximum absolute atomic E-state index is 5.25. The third kappa shape index (κ3) is 1.50. The van der Waals surface area contributed by atoms with Crippen molar-refractivity contribution >= 4 is 11.0 Å². The topological polar surface area (TPSA) is 13.1 Å². The van der Waals surface area contributed by atoms with Crippen LogP contribution in [0.5, 0.6) is 0 Å². The van der Waals surface area contributed by atoms with E-state index in [1.165, 1.54) is 10.9 Å². The highest BCUT2D eigenvalue weighted by molar-refractivity contribution is 5.79. The van der Waals surface area contributed by atoms with Crippen LogP contribution in [0.25, 0.3) is 11.0 Å². The molecule has 0 unspecified atom stereocenters. The largest absolute Gasteiger partial charge is 0.464 e. The molecular formula is C11H14O. The van der Waals surface area contributed by atoms with Gasteiger partial charge in [-0.15, -0.1) is 0 Å². The Morgan fingerprint density at radius 1 is 1.08 bits per heavy atom. The lowest BCUT2D eigenvalue weighted by molar-refractivity contribution is 0.613. The molecule has 1 aromatic carbocycles. The molecule has 12 heavy (non-hydrogen) atoms. The molecule has 0 fully saturated rings. The van der Waals surface area contributed by atoms with E-state index in [0.29, 0.717) is 0 Å². The van der Waals surface area contributed by atoms with Crippen molar-refractivity contribution < 1.29 is 4.42 Å². The monoisotopic (exact) mass is 162 g/mol. The van der Waals surface area contributed by atoms with Crippen LogP contribution in [-0.2, 0) is 0 Å². The first-order valence-electron chi connectivity index (χ1n) is 4.31. The summed E-state index contributed by atoms with van der Waals surface area (Å²) in [5.41, 5.74) is 2.20. The van der Waals surface area contributed by atoms with E-state index in [1.807, 2.05) is 45.0 Å². The summed E-state index contributed by atoms with van der Waals surface area (Å²) < 4.78 is 5.25. The number of para-hydroxylation sites is 1. The van der Waals surface area contributed by atoms with Crippen LogP contribution in [0.15, 0.2) is 34.9 Å². The van der Waals surface area contributed by atoms with E-state index in [2.05, 4.69) is 0 Å². The Morgan fingerprint density at radius 3 is 2.50 bits per heavy atom. The highest BCUT2D eigenvalue weighted by Gasteiger charge is 1.96. The summed E-state index contributed by atoms with van der Waals surface area (Å²) >= 11 is 0. The summed E-state index contributed by atoms with van der Waals surface area (Å²) in [7, 11) is 0. The molecule has 2 aromatic rings. The average molecular weight is 162 g/mol. The summed E-state index contributed by atoms with van der Waals surface area (Å²) in [6.45, 7) is 6.05. The second kappa shape index (κ2) is 3.96. The summed E-state index contributed by atoms with van der Waals surface area (Å²) in [5.74, 6) is 0. The highest BCUT2D eigenvalue weighted by Crippen LogP contribution is 2.18. The minimum Gasteiger partial charge on any atom is -0.464 e. The number of benzene rings is 1. The van der Waals surface area contributed by atoms with E-state index >= 15 is 0 Å². The van der Waals surface area contributed by atoms with Gasteiger partial charge in [0, 0.05) is 5.39 Å². The van der Waals surface area contributed by atoms with Crippen LogP contribution in [-0.4, -0.2) is 0 Å². The molecule has 64 valence electrons. The SMILES string of the molecule is CC.Cc1cccc2ccoc12. The number of furan rings is 1. The number of hydrogen-bond donors (Lipinski definition) is 0. The fourth-order valence-electron chi connectivity index (χ4n) is 1.14. The van der Waals surface area contributed by atoms with Crippen molar-refractivity contribution in [1.82, 2.24) is 0 Å². The van der Waals surface area contributed by atoms with Crippen LogP contribution in [0.3, 0.4) is 0 Å². The van der Waals surface area contributed by atoms with Crippen molar-refractivity contribution in [1.29, 1.82) is 0 Å². The molecule has 0 saturated carbocycles. The van der Waals surface area contributed by atoms with Crippen molar-refractivity contribution in [2.45, 2.75) is 20.8 Å². The van der Waals surface area contributed by atoms with Gasteiger partial charge in [-0.2, -0.15) is 0 Å². The zero-order valence-corrected chi connectivity index (χ0v) is 7.79. The first kappa shape index (κ1) is 8.85. The predicted molar refractivity (Wildman–Crippen MR) is 52.3 cm³/mol. The van der Waals surface area contributed by atoms with Gasteiger partial charge < -0.3 is 4.42 Å². The zero-order chi connectivity index (χ0) is 8.97. The highest BCUT2D eigenvalue weighted by atomic mass is 16.3. The van der Waals surface area contributed by atoms with Gasteiger partial charge in [-0.3, -0.25) is 0 Å². The third-order valence-corrected chi connectivity index (χ3v) is 1.68. The van der Waals surface area contributed by atoms with Crippen molar-refractivity contribution in [3.8, 4) is 0 Å². The Labute approximate surface area is 73.0 Å². The van der Waals surface area contributed by atoms with Gasteiger partial charge in [0.05, 0.1) is 6.26 Å². The molecule has 0 aliphatic heterocycles. The molecule has 0 aliphatic carbocycles. The molecule has 0 radical (unpaired) electrons. The fraction of sp³-hybridized carbons (Fsp3) is 0.273. The van der Waals surface area contributed by atoms with Crippen LogP contribution in [0.4, 0.5) is 0 Å². The molecule has 1 heterocycles. The number of rotatable bonds is 0. The van der Waals surface area contributed by atoms with Gasteiger partial charge in [0.25, 0.3) is 0 Å². The van der Waals surface area contributed by atoms with E-state index in [1.54, 1.807) is 6.26 Å². The normalized spacial score (nSPS) is 9.25. The Hall–Kier alpha value is -1.24. The van der Waals surface area contributed by atoms with Crippen molar-refractivity contribution in [2.24, 2.45) is 0 Å². The molecule has 1 aromatic heterocycles. The molecule has 0 bridgehead atoms. The van der Waals surface area contributed by atoms with E-state index in [0.717, 1.165) is 5.58 Å². The smallest absolute Gasteiger partial charge is 0.136 e. The summed E-state index contributed by atoms with van der Waals surface area (Å²) in [5, 5.41) is 1.18. The lowest BCUT2D eigenvalue weighted by Crippen LogP contribution is -1.69. The molecule has 0 atom stereocenters. The molecule has 0 amide bonds. The summed E-state index contributed by atoms with van der Waals surface area (Å²) in [6, 6.07) is 8.10. The van der Waals surface area contributed by atoms with E-state index in [-0.39, 0.29) is 0 Å². The minimum absolute atomic E-state index is 1.00. The molecule has 2 rings (SSSR count). The zero-order valence-electron chi connectivity index (χ0n) is 7.79. The van der Waals surface area contributed by atoms with Gasteiger partial charge in [-0.1, -0.05) is 32.0 Å². The molecule has 1 heteroatoms.